The largest absolute Gasteiger partial charge is 0.301 e. The Morgan fingerprint density at radius 1 is 0.939 bits per heavy atom. The summed E-state index contributed by atoms with van der Waals surface area (Å²) in [6, 6.07) is 15.4. The van der Waals surface area contributed by atoms with Crippen molar-refractivity contribution in [1.29, 1.82) is 0 Å². The van der Waals surface area contributed by atoms with E-state index in [1.54, 1.807) is 0 Å². The summed E-state index contributed by atoms with van der Waals surface area (Å²) in [4.78, 5) is 21.3. The van der Waals surface area contributed by atoms with Crippen LogP contribution >= 0.6 is 0 Å². The fourth-order valence-electron chi connectivity index (χ4n) is 5.07. The third-order valence-corrected chi connectivity index (χ3v) is 7.13. The lowest BCUT2D eigenvalue weighted by molar-refractivity contribution is 0.129. The van der Waals surface area contributed by atoms with E-state index in [2.05, 4.69) is 76.8 Å². The van der Waals surface area contributed by atoms with Crippen LogP contribution in [0.25, 0.3) is 22.0 Å². The first-order chi connectivity index (χ1) is 15.7. The van der Waals surface area contributed by atoms with Crippen molar-refractivity contribution in [2.45, 2.75) is 78.8 Å². The van der Waals surface area contributed by atoms with Gasteiger partial charge in [-0.15, -0.1) is 0 Å². The molecule has 0 N–H and O–H groups in total. The van der Waals surface area contributed by atoms with Gasteiger partial charge in [0.1, 0.15) is 5.82 Å². The Labute approximate surface area is 198 Å². The van der Waals surface area contributed by atoms with Crippen LogP contribution in [0.4, 0.5) is 0 Å². The summed E-state index contributed by atoms with van der Waals surface area (Å²) < 4.78 is 1.98. The van der Waals surface area contributed by atoms with E-state index < -0.39 is 0 Å². The van der Waals surface area contributed by atoms with Crippen molar-refractivity contribution in [1.82, 2.24) is 14.5 Å². The Morgan fingerprint density at radius 2 is 1.64 bits per heavy atom. The quantitative estimate of drug-likeness (QED) is 0.439. The van der Waals surface area contributed by atoms with Gasteiger partial charge in [-0.25, -0.2) is 4.98 Å². The fourth-order valence-corrected chi connectivity index (χ4v) is 5.07. The summed E-state index contributed by atoms with van der Waals surface area (Å²) in [7, 11) is 0. The fraction of sp³-hybridized carbons (Fsp3) is 0.517. The van der Waals surface area contributed by atoms with Gasteiger partial charge in [0.2, 0.25) is 0 Å². The second-order valence-corrected chi connectivity index (χ2v) is 10.6. The summed E-state index contributed by atoms with van der Waals surface area (Å²) in [6.07, 6.45) is 2.37. The van der Waals surface area contributed by atoms with Crippen molar-refractivity contribution in [3.8, 4) is 11.1 Å². The van der Waals surface area contributed by atoms with E-state index in [-0.39, 0.29) is 11.5 Å². The molecule has 0 radical (unpaired) electrons. The monoisotopic (exact) mass is 445 g/mol. The molecule has 176 valence electrons. The molecule has 2 aromatic carbocycles. The molecular formula is C29H39N3O. The molecule has 0 amide bonds. The van der Waals surface area contributed by atoms with Crippen LogP contribution in [0.5, 0.6) is 0 Å². The molecule has 3 aromatic rings. The number of aromatic nitrogens is 2. The Balaban J connectivity index is 1.73. The first kappa shape index (κ1) is 23.7. The smallest absolute Gasteiger partial charge is 0.261 e. The molecule has 1 aromatic heterocycles. The standard InChI is InChI=1S/C29H39N3O/c1-19(2)23-9-11-24(12-10-23)25-13-14-27-26(16-25)29(33)32(28(30-27)20(3)4)18-22-8-7-15-31(17-22)21(5)6/h9-14,16,19-22H,7-8,15,17-18H2,1-6H3/t22-/m0/s1. The van der Waals surface area contributed by atoms with Crippen molar-refractivity contribution in [2.75, 3.05) is 13.1 Å². The average molecular weight is 446 g/mol. The minimum Gasteiger partial charge on any atom is -0.301 e. The minimum atomic E-state index is 0.103. The maximum atomic E-state index is 13.8. The van der Waals surface area contributed by atoms with E-state index >= 15 is 0 Å². The van der Waals surface area contributed by atoms with Crippen molar-refractivity contribution in [3.05, 3.63) is 64.2 Å². The highest BCUT2D eigenvalue weighted by Crippen LogP contribution is 2.27. The van der Waals surface area contributed by atoms with Gasteiger partial charge in [0, 0.05) is 25.0 Å². The number of fused-ring (bicyclic) bond motifs is 1. The Kier molecular flexibility index (Phi) is 7.04. The predicted molar refractivity (Wildman–Crippen MR) is 139 cm³/mol. The van der Waals surface area contributed by atoms with Gasteiger partial charge in [0.25, 0.3) is 5.56 Å². The summed E-state index contributed by atoms with van der Waals surface area (Å²) in [5.74, 6) is 2.11. The molecule has 1 fully saturated rings. The maximum absolute atomic E-state index is 13.8. The van der Waals surface area contributed by atoms with Crippen molar-refractivity contribution < 1.29 is 0 Å². The van der Waals surface area contributed by atoms with Crippen LogP contribution in [0, 0.1) is 5.92 Å². The van der Waals surface area contributed by atoms with Crippen LogP contribution in [0.1, 0.15) is 77.6 Å². The molecule has 4 nitrogen and oxygen atoms in total. The molecule has 1 aliphatic rings. The Bertz CT molecular complexity index is 1160. The number of hydrogen-bond donors (Lipinski definition) is 0. The summed E-state index contributed by atoms with van der Waals surface area (Å²) >= 11 is 0. The van der Waals surface area contributed by atoms with Crippen LogP contribution in [-0.2, 0) is 6.54 Å². The van der Waals surface area contributed by atoms with Gasteiger partial charge >= 0.3 is 0 Å². The molecule has 2 heterocycles. The lowest BCUT2D eigenvalue weighted by atomic mass is 9.96. The molecule has 1 atom stereocenters. The van der Waals surface area contributed by atoms with Gasteiger partial charge in [0.15, 0.2) is 0 Å². The highest BCUT2D eigenvalue weighted by Gasteiger charge is 2.24. The number of benzene rings is 2. The van der Waals surface area contributed by atoms with E-state index in [0.29, 0.717) is 17.9 Å². The Morgan fingerprint density at radius 3 is 2.27 bits per heavy atom. The van der Waals surface area contributed by atoms with Gasteiger partial charge in [-0.2, -0.15) is 0 Å². The van der Waals surface area contributed by atoms with E-state index in [4.69, 9.17) is 4.98 Å². The van der Waals surface area contributed by atoms with Crippen LogP contribution in [-0.4, -0.2) is 33.6 Å². The zero-order valence-electron chi connectivity index (χ0n) is 21.1. The SMILES string of the molecule is CC(C)c1ccc(-c2ccc3nc(C(C)C)n(C[C@H]4CCCN(C(C)C)C4)c(=O)c3c2)cc1. The molecule has 4 heteroatoms. The maximum Gasteiger partial charge on any atom is 0.261 e. The number of nitrogens with zero attached hydrogens (tertiary/aromatic N) is 3. The predicted octanol–water partition coefficient (Wildman–Crippen LogP) is 6.43. The molecule has 4 rings (SSSR count). The lowest BCUT2D eigenvalue weighted by Gasteiger charge is -2.36. The molecule has 0 aliphatic carbocycles. The van der Waals surface area contributed by atoms with Crippen LogP contribution in [0.2, 0.25) is 0 Å². The van der Waals surface area contributed by atoms with E-state index in [1.807, 2.05) is 16.7 Å². The van der Waals surface area contributed by atoms with Crippen molar-refractivity contribution in [3.63, 3.8) is 0 Å². The molecule has 0 saturated carbocycles. The topological polar surface area (TPSA) is 38.1 Å². The van der Waals surface area contributed by atoms with Crippen LogP contribution < -0.4 is 5.56 Å². The molecule has 1 saturated heterocycles. The number of rotatable bonds is 6. The third-order valence-electron chi connectivity index (χ3n) is 7.13. The third kappa shape index (κ3) is 5.06. The lowest BCUT2D eigenvalue weighted by Crippen LogP contribution is -2.42. The van der Waals surface area contributed by atoms with Crippen LogP contribution in [0.3, 0.4) is 0 Å². The second-order valence-electron chi connectivity index (χ2n) is 10.6. The van der Waals surface area contributed by atoms with Gasteiger partial charge in [-0.05, 0) is 73.9 Å². The minimum absolute atomic E-state index is 0.103. The number of piperidine rings is 1. The van der Waals surface area contributed by atoms with E-state index in [0.717, 1.165) is 47.5 Å². The molecule has 1 aliphatic heterocycles. The van der Waals surface area contributed by atoms with Crippen molar-refractivity contribution in [2.24, 2.45) is 5.92 Å². The van der Waals surface area contributed by atoms with Gasteiger partial charge in [-0.1, -0.05) is 58.0 Å². The van der Waals surface area contributed by atoms with Gasteiger partial charge in [0.05, 0.1) is 10.9 Å². The first-order valence-corrected chi connectivity index (χ1v) is 12.6. The molecule has 33 heavy (non-hydrogen) atoms. The molecular weight excluding hydrogens is 406 g/mol. The second kappa shape index (κ2) is 9.80. The summed E-state index contributed by atoms with van der Waals surface area (Å²) in [6.45, 7) is 16.2. The molecule has 0 bridgehead atoms. The normalized spacial score (nSPS) is 17.5. The van der Waals surface area contributed by atoms with Crippen molar-refractivity contribution >= 4 is 10.9 Å². The number of likely N-dealkylation sites (tertiary alicyclic amines) is 1. The zero-order valence-corrected chi connectivity index (χ0v) is 21.1. The van der Waals surface area contributed by atoms with Gasteiger partial charge < -0.3 is 4.90 Å². The zero-order chi connectivity index (χ0) is 23.7. The highest BCUT2D eigenvalue weighted by molar-refractivity contribution is 5.84. The van der Waals surface area contributed by atoms with Gasteiger partial charge in [-0.3, -0.25) is 9.36 Å². The highest BCUT2D eigenvalue weighted by atomic mass is 16.1. The number of hydrogen-bond acceptors (Lipinski definition) is 3. The Hall–Kier alpha value is -2.46. The molecule has 0 spiro atoms. The summed E-state index contributed by atoms with van der Waals surface area (Å²) in [5, 5.41) is 0.723. The average Bonchev–Trinajstić information content (AvgIpc) is 2.80. The first-order valence-electron chi connectivity index (χ1n) is 12.6. The summed E-state index contributed by atoms with van der Waals surface area (Å²) in [5.41, 5.74) is 4.44. The molecule has 0 unspecified atom stereocenters. The van der Waals surface area contributed by atoms with E-state index in [1.165, 1.54) is 18.4 Å². The van der Waals surface area contributed by atoms with Crippen LogP contribution in [0.15, 0.2) is 47.3 Å². The van der Waals surface area contributed by atoms with E-state index in [9.17, 15) is 4.79 Å².